The lowest BCUT2D eigenvalue weighted by Gasteiger charge is -2.06. The van der Waals surface area contributed by atoms with Crippen molar-refractivity contribution in [3.63, 3.8) is 0 Å². The van der Waals surface area contributed by atoms with Crippen LogP contribution in [0.2, 0.25) is 10.0 Å². The number of allylic oxidation sites excluding steroid dienone is 1. The predicted molar refractivity (Wildman–Crippen MR) is 87.1 cm³/mol. The Bertz CT molecular complexity index is 844. The van der Waals surface area contributed by atoms with Crippen molar-refractivity contribution >= 4 is 35.2 Å². The van der Waals surface area contributed by atoms with Gasteiger partial charge in [-0.1, -0.05) is 35.3 Å². The van der Waals surface area contributed by atoms with Crippen LogP contribution in [0.25, 0.3) is 6.08 Å². The van der Waals surface area contributed by atoms with Crippen molar-refractivity contribution in [2.45, 2.75) is 0 Å². The molecule has 0 aliphatic rings. The highest BCUT2D eigenvalue weighted by Gasteiger charge is 2.13. The molecule has 0 spiro atoms. The Morgan fingerprint density at radius 2 is 1.70 bits per heavy atom. The molecular formula is C17H8Cl2N2O2. The first-order valence-corrected chi connectivity index (χ1v) is 7.08. The van der Waals surface area contributed by atoms with Crippen molar-refractivity contribution in [2.24, 2.45) is 0 Å². The Morgan fingerprint density at radius 1 is 1.04 bits per heavy atom. The molecule has 0 N–H and O–H groups in total. The molecule has 0 amide bonds. The van der Waals surface area contributed by atoms with Crippen LogP contribution in [0.15, 0.2) is 48.0 Å². The Morgan fingerprint density at radius 3 is 2.26 bits per heavy atom. The van der Waals surface area contributed by atoms with Crippen LogP contribution in [0.3, 0.4) is 0 Å². The number of benzene rings is 2. The van der Waals surface area contributed by atoms with Gasteiger partial charge in [-0.05, 0) is 42.0 Å². The highest BCUT2D eigenvalue weighted by atomic mass is 35.5. The number of hydrogen-bond donors (Lipinski definition) is 0. The maximum Gasteiger partial charge on any atom is 0.345 e. The van der Waals surface area contributed by atoms with Crippen molar-refractivity contribution in [2.75, 3.05) is 0 Å². The molecule has 0 fully saturated rings. The van der Waals surface area contributed by atoms with Crippen molar-refractivity contribution in [3.05, 3.63) is 69.2 Å². The van der Waals surface area contributed by atoms with Crippen LogP contribution in [0, 0.1) is 22.7 Å². The zero-order chi connectivity index (χ0) is 16.8. The van der Waals surface area contributed by atoms with Crippen molar-refractivity contribution in [3.8, 4) is 17.9 Å². The number of esters is 1. The molecule has 0 unspecified atom stereocenters. The van der Waals surface area contributed by atoms with Gasteiger partial charge in [-0.2, -0.15) is 10.5 Å². The summed E-state index contributed by atoms with van der Waals surface area (Å²) in [6.45, 7) is 0. The molecule has 2 aromatic rings. The summed E-state index contributed by atoms with van der Waals surface area (Å²) in [6.07, 6.45) is 1.43. The molecule has 6 heteroatoms. The first-order valence-electron chi connectivity index (χ1n) is 6.32. The summed E-state index contributed by atoms with van der Waals surface area (Å²) >= 11 is 11.7. The number of rotatable bonds is 3. The summed E-state index contributed by atoms with van der Waals surface area (Å²) in [6, 6.07) is 14.4. The zero-order valence-electron chi connectivity index (χ0n) is 11.6. The Labute approximate surface area is 142 Å². The van der Waals surface area contributed by atoms with E-state index >= 15 is 0 Å². The molecule has 0 aromatic heterocycles. The summed E-state index contributed by atoms with van der Waals surface area (Å²) in [5, 5.41) is 18.0. The van der Waals surface area contributed by atoms with Crippen molar-refractivity contribution in [1.82, 2.24) is 0 Å². The summed E-state index contributed by atoms with van der Waals surface area (Å²) < 4.78 is 5.22. The van der Waals surface area contributed by atoms with Crippen molar-refractivity contribution < 1.29 is 9.53 Å². The molecule has 0 heterocycles. The number of carbonyl (C=O) groups is 1. The summed E-state index contributed by atoms with van der Waals surface area (Å²) in [4.78, 5) is 12.1. The monoisotopic (exact) mass is 342 g/mol. The van der Waals surface area contributed by atoms with Crippen LogP contribution in [0.1, 0.15) is 15.9 Å². The van der Waals surface area contributed by atoms with E-state index in [1.165, 1.54) is 18.2 Å². The minimum atomic E-state index is -0.607. The highest BCUT2D eigenvalue weighted by Crippen LogP contribution is 2.23. The number of ether oxygens (including phenoxy) is 1. The number of nitrogens with zero attached hydrogens (tertiary/aromatic N) is 2. The summed E-state index contributed by atoms with van der Waals surface area (Å²) in [5.41, 5.74) is 0.839. The second kappa shape index (κ2) is 7.47. The van der Waals surface area contributed by atoms with E-state index in [2.05, 4.69) is 0 Å². The molecule has 0 saturated carbocycles. The van der Waals surface area contributed by atoms with E-state index in [-0.39, 0.29) is 16.2 Å². The van der Waals surface area contributed by atoms with E-state index in [1.807, 2.05) is 0 Å². The molecule has 2 aromatic carbocycles. The van der Waals surface area contributed by atoms with Crippen LogP contribution in [-0.2, 0) is 0 Å². The fourth-order valence-corrected chi connectivity index (χ4v) is 2.19. The van der Waals surface area contributed by atoms with Gasteiger partial charge in [-0.25, -0.2) is 4.79 Å². The van der Waals surface area contributed by atoms with Gasteiger partial charge in [0.05, 0.1) is 10.6 Å². The second-order valence-electron chi connectivity index (χ2n) is 4.36. The molecule has 0 radical (unpaired) electrons. The predicted octanol–water partition coefficient (Wildman–Crippen LogP) is 4.64. The Kier molecular flexibility index (Phi) is 5.38. The standard InChI is InChI=1S/C17H8Cl2N2O2/c18-13-3-6-15(16(19)8-13)17(22)23-14-4-1-11(2-5-14)7-12(9-20)10-21/h1-8H. The molecule has 4 nitrogen and oxygen atoms in total. The SMILES string of the molecule is N#CC(C#N)=Cc1ccc(OC(=O)c2ccc(Cl)cc2Cl)cc1. The number of carbonyl (C=O) groups excluding carboxylic acids is 1. The van der Waals surface area contributed by atoms with Crippen LogP contribution in [-0.4, -0.2) is 5.97 Å². The molecule has 2 rings (SSSR count). The maximum atomic E-state index is 12.1. The van der Waals surface area contributed by atoms with Crippen LogP contribution < -0.4 is 4.74 Å². The van der Waals surface area contributed by atoms with Crippen LogP contribution in [0.5, 0.6) is 5.75 Å². The van der Waals surface area contributed by atoms with Crippen molar-refractivity contribution in [1.29, 1.82) is 10.5 Å². The van der Waals surface area contributed by atoms with Gasteiger partial charge < -0.3 is 4.74 Å². The smallest absolute Gasteiger partial charge is 0.345 e. The quantitative estimate of drug-likeness (QED) is 0.462. The average Bonchev–Trinajstić information content (AvgIpc) is 2.54. The molecule has 0 aliphatic heterocycles. The third-order valence-electron chi connectivity index (χ3n) is 2.79. The van der Waals surface area contributed by atoms with Crippen LogP contribution >= 0.6 is 23.2 Å². The molecule has 0 saturated heterocycles. The van der Waals surface area contributed by atoms with E-state index in [0.717, 1.165) is 0 Å². The number of hydrogen-bond acceptors (Lipinski definition) is 4. The second-order valence-corrected chi connectivity index (χ2v) is 5.21. The van der Waals surface area contributed by atoms with E-state index in [9.17, 15) is 4.79 Å². The molecule has 0 bridgehead atoms. The number of nitriles is 2. The summed E-state index contributed by atoms with van der Waals surface area (Å²) in [7, 11) is 0. The van der Waals surface area contributed by atoms with Gasteiger partial charge in [-0.3, -0.25) is 0 Å². The maximum absolute atomic E-state index is 12.1. The highest BCUT2D eigenvalue weighted by molar-refractivity contribution is 6.36. The third-order valence-corrected chi connectivity index (χ3v) is 3.34. The first kappa shape index (κ1) is 16.6. The normalized spacial score (nSPS) is 9.39. The van der Waals surface area contributed by atoms with E-state index in [1.54, 1.807) is 42.5 Å². The third kappa shape index (κ3) is 4.34. The first-order chi connectivity index (χ1) is 11.0. The lowest BCUT2D eigenvalue weighted by molar-refractivity contribution is 0.0735. The van der Waals surface area contributed by atoms with E-state index in [0.29, 0.717) is 16.3 Å². The topological polar surface area (TPSA) is 73.9 Å². The molecule has 0 atom stereocenters. The van der Waals surface area contributed by atoms with E-state index < -0.39 is 5.97 Å². The minimum Gasteiger partial charge on any atom is -0.423 e. The fraction of sp³-hybridized carbons (Fsp3) is 0. The largest absolute Gasteiger partial charge is 0.423 e. The van der Waals surface area contributed by atoms with Crippen LogP contribution in [0.4, 0.5) is 0 Å². The van der Waals surface area contributed by atoms with Gasteiger partial charge in [0.2, 0.25) is 0 Å². The zero-order valence-corrected chi connectivity index (χ0v) is 13.1. The van der Waals surface area contributed by atoms with Gasteiger partial charge in [0.1, 0.15) is 23.5 Å². The van der Waals surface area contributed by atoms with Gasteiger partial charge in [0, 0.05) is 5.02 Å². The Balaban J connectivity index is 2.15. The van der Waals surface area contributed by atoms with Gasteiger partial charge in [-0.15, -0.1) is 0 Å². The Hall–Kier alpha value is -2.79. The molecule has 23 heavy (non-hydrogen) atoms. The molecular weight excluding hydrogens is 335 g/mol. The average molecular weight is 343 g/mol. The van der Waals surface area contributed by atoms with E-state index in [4.69, 9.17) is 38.5 Å². The summed E-state index contributed by atoms with van der Waals surface area (Å²) in [5.74, 6) is -0.293. The molecule has 112 valence electrons. The number of halogens is 2. The fourth-order valence-electron chi connectivity index (χ4n) is 1.71. The van der Waals surface area contributed by atoms with Gasteiger partial charge in [0.25, 0.3) is 0 Å². The van der Waals surface area contributed by atoms with Gasteiger partial charge in [0.15, 0.2) is 0 Å². The van der Waals surface area contributed by atoms with Gasteiger partial charge >= 0.3 is 5.97 Å². The molecule has 0 aliphatic carbocycles. The lowest BCUT2D eigenvalue weighted by Crippen LogP contribution is -2.09. The minimum absolute atomic E-state index is 0.0114. The lowest BCUT2D eigenvalue weighted by atomic mass is 10.1.